The molecule has 108 valence electrons. The van der Waals surface area contributed by atoms with Gasteiger partial charge in [-0.1, -0.05) is 18.2 Å². The molecule has 0 radical (unpaired) electrons. The number of rotatable bonds is 7. The van der Waals surface area contributed by atoms with E-state index in [0.29, 0.717) is 25.9 Å². The molecule has 5 nitrogen and oxygen atoms in total. The minimum Gasteiger partial charge on any atom is -0.494 e. The molecule has 1 aromatic carbocycles. The van der Waals surface area contributed by atoms with Crippen LogP contribution in [0.5, 0.6) is 5.75 Å². The second-order valence-electron chi connectivity index (χ2n) is 4.98. The van der Waals surface area contributed by atoms with Gasteiger partial charge in [0, 0.05) is 6.42 Å². The molecule has 0 aliphatic heterocycles. The summed E-state index contributed by atoms with van der Waals surface area (Å²) in [7, 11) is 0. The van der Waals surface area contributed by atoms with E-state index < -0.39 is 11.5 Å². The third-order valence-electron chi connectivity index (χ3n) is 3.43. The van der Waals surface area contributed by atoms with E-state index >= 15 is 0 Å². The van der Waals surface area contributed by atoms with Gasteiger partial charge in [-0.25, -0.2) is 4.79 Å². The van der Waals surface area contributed by atoms with E-state index in [1.54, 1.807) is 0 Å². The molecule has 1 aromatic rings. The predicted molar refractivity (Wildman–Crippen MR) is 73.7 cm³/mol. The third-order valence-corrected chi connectivity index (χ3v) is 3.43. The Labute approximate surface area is 117 Å². The highest BCUT2D eigenvalue weighted by molar-refractivity contribution is 5.89. The first-order valence-electron chi connectivity index (χ1n) is 6.82. The van der Waals surface area contributed by atoms with Gasteiger partial charge < -0.3 is 15.2 Å². The molecule has 20 heavy (non-hydrogen) atoms. The number of aryl methyl sites for hydroxylation is 1. The Morgan fingerprint density at radius 2 is 2.05 bits per heavy atom. The molecule has 0 aromatic heterocycles. The number of benzene rings is 1. The van der Waals surface area contributed by atoms with Gasteiger partial charge in [0.25, 0.3) is 0 Å². The molecule has 0 spiro atoms. The van der Waals surface area contributed by atoms with Crippen LogP contribution in [0.4, 0.5) is 0 Å². The number of amides is 1. The Balaban J connectivity index is 1.89. The maximum atomic E-state index is 11.8. The fourth-order valence-corrected chi connectivity index (χ4v) is 2.10. The summed E-state index contributed by atoms with van der Waals surface area (Å²) in [5.41, 5.74) is -0.0408. The Bertz CT molecular complexity index is 508. The fourth-order valence-electron chi connectivity index (χ4n) is 2.10. The molecule has 1 aliphatic rings. The van der Waals surface area contributed by atoms with E-state index in [2.05, 4.69) is 5.32 Å². The highest BCUT2D eigenvalue weighted by atomic mass is 16.5. The number of carboxylic acid groups (broad SMARTS) is 1. The molecule has 1 saturated carbocycles. The normalized spacial score (nSPS) is 15.4. The maximum Gasteiger partial charge on any atom is 0.329 e. The van der Waals surface area contributed by atoms with Crippen LogP contribution in [0.2, 0.25) is 0 Å². The van der Waals surface area contributed by atoms with Crippen molar-refractivity contribution in [3.63, 3.8) is 0 Å². The van der Waals surface area contributed by atoms with E-state index in [4.69, 9.17) is 9.84 Å². The van der Waals surface area contributed by atoms with Crippen LogP contribution in [0.1, 0.15) is 31.7 Å². The summed E-state index contributed by atoms with van der Waals surface area (Å²) in [6, 6.07) is 7.58. The Kier molecular flexibility index (Phi) is 4.27. The van der Waals surface area contributed by atoms with Crippen molar-refractivity contribution < 1.29 is 19.4 Å². The van der Waals surface area contributed by atoms with Crippen LogP contribution in [0.3, 0.4) is 0 Å². The molecule has 0 saturated heterocycles. The zero-order chi connectivity index (χ0) is 14.6. The van der Waals surface area contributed by atoms with Gasteiger partial charge in [-0.3, -0.25) is 4.79 Å². The number of hydrogen-bond donors (Lipinski definition) is 2. The van der Waals surface area contributed by atoms with Gasteiger partial charge in [-0.05, 0) is 37.8 Å². The third kappa shape index (κ3) is 3.29. The number of carboxylic acids is 1. The van der Waals surface area contributed by atoms with Crippen LogP contribution in [-0.2, 0) is 16.0 Å². The summed E-state index contributed by atoms with van der Waals surface area (Å²) in [4.78, 5) is 22.8. The lowest BCUT2D eigenvalue weighted by molar-refractivity contribution is -0.143. The smallest absolute Gasteiger partial charge is 0.329 e. The summed E-state index contributed by atoms with van der Waals surface area (Å²) >= 11 is 0. The molecule has 0 heterocycles. The first kappa shape index (κ1) is 14.4. The van der Waals surface area contributed by atoms with Gasteiger partial charge in [0.05, 0.1) is 6.61 Å². The van der Waals surface area contributed by atoms with Crippen molar-refractivity contribution in [2.75, 3.05) is 6.61 Å². The van der Waals surface area contributed by atoms with E-state index in [9.17, 15) is 9.59 Å². The number of ether oxygens (including phenoxy) is 1. The van der Waals surface area contributed by atoms with Crippen molar-refractivity contribution >= 4 is 11.9 Å². The van der Waals surface area contributed by atoms with Crippen LogP contribution in [0, 0.1) is 0 Å². The van der Waals surface area contributed by atoms with Crippen LogP contribution in [0.15, 0.2) is 24.3 Å². The summed E-state index contributed by atoms with van der Waals surface area (Å²) in [5, 5.41) is 11.6. The Morgan fingerprint density at radius 1 is 1.35 bits per heavy atom. The lowest BCUT2D eigenvalue weighted by Crippen LogP contribution is -2.43. The molecule has 0 atom stereocenters. The second-order valence-corrected chi connectivity index (χ2v) is 4.98. The summed E-state index contributed by atoms with van der Waals surface area (Å²) in [6.45, 7) is 2.48. The lowest BCUT2D eigenvalue weighted by Gasteiger charge is -2.13. The summed E-state index contributed by atoms with van der Waals surface area (Å²) < 4.78 is 5.49. The molecule has 1 amide bonds. The molecular weight excluding hydrogens is 258 g/mol. The minimum atomic E-state index is -1.00. The number of carbonyl (C=O) groups is 2. The van der Waals surface area contributed by atoms with E-state index in [0.717, 1.165) is 11.3 Å². The predicted octanol–water partition coefficient (Wildman–Crippen LogP) is 1.75. The van der Waals surface area contributed by atoms with Crippen molar-refractivity contribution in [1.82, 2.24) is 5.32 Å². The zero-order valence-corrected chi connectivity index (χ0v) is 11.5. The van der Waals surface area contributed by atoms with Gasteiger partial charge in [0.1, 0.15) is 11.3 Å². The summed E-state index contributed by atoms with van der Waals surface area (Å²) in [5.74, 6) is -0.390. The average Bonchev–Trinajstić information content (AvgIpc) is 3.19. The zero-order valence-electron chi connectivity index (χ0n) is 11.5. The monoisotopic (exact) mass is 277 g/mol. The average molecular weight is 277 g/mol. The van der Waals surface area contributed by atoms with E-state index in [1.165, 1.54) is 0 Å². The van der Waals surface area contributed by atoms with Gasteiger partial charge >= 0.3 is 5.97 Å². The lowest BCUT2D eigenvalue weighted by atomic mass is 10.1. The van der Waals surface area contributed by atoms with Gasteiger partial charge in [0.15, 0.2) is 0 Å². The standard InChI is InChI=1S/C15H19NO4/c1-2-20-12-6-4-3-5-11(12)7-8-13(17)16-15(9-10-15)14(18)19/h3-6H,2,7-10H2,1H3,(H,16,17)(H,18,19). The van der Waals surface area contributed by atoms with Gasteiger partial charge in [-0.15, -0.1) is 0 Å². The Hall–Kier alpha value is -2.04. The molecular formula is C15H19NO4. The number of nitrogens with one attached hydrogen (secondary N) is 1. The number of hydrogen-bond acceptors (Lipinski definition) is 3. The van der Waals surface area contributed by atoms with Crippen LogP contribution in [0.25, 0.3) is 0 Å². The van der Waals surface area contributed by atoms with E-state index in [-0.39, 0.29) is 12.3 Å². The topological polar surface area (TPSA) is 75.6 Å². The van der Waals surface area contributed by atoms with Crippen LogP contribution >= 0.6 is 0 Å². The second kappa shape index (κ2) is 5.94. The molecule has 0 bridgehead atoms. The molecule has 5 heteroatoms. The van der Waals surface area contributed by atoms with E-state index in [1.807, 2.05) is 31.2 Å². The molecule has 2 N–H and O–H groups in total. The van der Waals surface area contributed by atoms with Crippen molar-refractivity contribution in [1.29, 1.82) is 0 Å². The van der Waals surface area contributed by atoms with Crippen molar-refractivity contribution in [3.8, 4) is 5.75 Å². The van der Waals surface area contributed by atoms with Crippen LogP contribution < -0.4 is 10.1 Å². The molecule has 2 rings (SSSR count). The van der Waals surface area contributed by atoms with Gasteiger partial charge in [-0.2, -0.15) is 0 Å². The number of aliphatic carboxylic acids is 1. The molecule has 0 unspecified atom stereocenters. The first-order chi connectivity index (χ1) is 9.57. The SMILES string of the molecule is CCOc1ccccc1CCC(=O)NC1(C(=O)O)CC1. The highest BCUT2D eigenvalue weighted by Gasteiger charge is 2.51. The fraction of sp³-hybridized carbons (Fsp3) is 0.467. The Morgan fingerprint density at radius 3 is 2.65 bits per heavy atom. The highest BCUT2D eigenvalue weighted by Crippen LogP contribution is 2.35. The summed E-state index contributed by atoms with van der Waals surface area (Å²) in [6.07, 6.45) is 1.84. The molecule has 1 aliphatic carbocycles. The number of para-hydroxylation sites is 1. The maximum absolute atomic E-state index is 11.8. The van der Waals surface area contributed by atoms with Gasteiger partial charge in [0.2, 0.25) is 5.91 Å². The van der Waals surface area contributed by atoms with Crippen LogP contribution in [-0.4, -0.2) is 29.1 Å². The number of carbonyl (C=O) groups excluding carboxylic acids is 1. The first-order valence-corrected chi connectivity index (χ1v) is 6.82. The largest absolute Gasteiger partial charge is 0.494 e. The minimum absolute atomic E-state index is 0.226. The van der Waals surface area contributed by atoms with Crippen molar-refractivity contribution in [2.45, 2.75) is 38.1 Å². The van der Waals surface area contributed by atoms with Crippen molar-refractivity contribution in [3.05, 3.63) is 29.8 Å². The molecule has 1 fully saturated rings. The quantitative estimate of drug-likeness (QED) is 0.796. The van der Waals surface area contributed by atoms with Crippen molar-refractivity contribution in [2.24, 2.45) is 0 Å².